The van der Waals surface area contributed by atoms with Gasteiger partial charge in [-0.05, 0) is 110 Å². The molecule has 5 nitrogen and oxygen atoms in total. The van der Waals surface area contributed by atoms with E-state index in [0.717, 1.165) is 29.1 Å². The minimum absolute atomic E-state index is 0.164. The zero-order chi connectivity index (χ0) is 24.7. The molecule has 4 aliphatic carbocycles. The Balaban J connectivity index is 1.15. The van der Waals surface area contributed by atoms with Crippen molar-refractivity contribution < 1.29 is 14.3 Å². The lowest BCUT2D eigenvalue weighted by Crippen LogP contribution is -2.48. The topological polar surface area (TPSA) is 67.4 Å². The predicted molar refractivity (Wildman–Crippen MR) is 142 cm³/mol. The maximum absolute atomic E-state index is 13.0. The fourth-order valence-corrected chi connectivity index (χ4v) is 7.35. The van der Waals surface area contributed by atoms with Gasteiger partial charge in [-0.15, -0.1) is 0 Å². The van der Waals surface area contributed by atoms with E-state index in [0.29, 0.717) is 22.2 Å². The minimum atomic E-state index is -0.413. The molecular weight excluding hydrogens is 448 g/mol. The molecule has 0 saturated heterocycles. The summed E-state index contributed by atoms with van der Waals surface area (Å²) in [6.07, 6.45) is 8.33. The van der Waals surface area contributed by atoms with Gasteiger partial charge in [-0.2, -0.15) is 0 Å². The highest BCUT2D eigenvalue weighted by molar-refractivity contribution is 6.05. The van der Waals surface area contributed by atoms with E-state index < -0.39 is 5.97 Å². The number of hydrogen-bond donors (Lipinski definition) is 2. The number of esters is 1. The molecule has 0 aromatic heterocycles. The normalized spacial score (nSPS) is 25.9. The average molecular weight is 481 g/mol. The number of carbonyl (C=O) groups excluding carboxylic acids is 2. The van der Waals surface area contributed by atoms with Crippen molar-refractivity contribution >= 4 is 28.9 Å². The monoisotopic (exact) mass is 480 g/mol. The first-order valence-corrected chi connectivity index (χ1v) is 13.0. The van der Waals surface area contributed by atoms with E-state index in [1.807, 2.05) is 24.3 Å². The van der Waals surface area contributed by atoms with Gasteiger partial charge in [0.2, 0.25) is 0 Å². The third kappa shape index (κ3) is 4.27. The fourth-order valence-electron chi connectivity index (χ4n) is 7.35. The van der Waals surface area contributed by atoms with Crippen LogP contribution in [0.4, 0.5) is 17.1 Å². The van der Waals surface area contributed by atoms with Gasteiger partial charge in [0.05, 0.1) is 18.4 Å². The maximum Gasteiger partial charge on any atom is 0.339 e. The van der Waals surface area contributed by atoms with Crippen LogP contribution in [0, 0.1) is 17.8 Å². The summed E-state index contributed by atoms with van der Waals surface area (Å²) in [5.74, 6) is 2.16. The second kappa shape index (κ2) is 9.12. The van der Waals surface area contributed by atoms with Crippen LogP contribution < -0.4 is 10.6 Å². The Morgan fingerprint density at radius 3 is 2.14 bits per heavy atom. The Morgan fingerprint density at radius 1 is 0.806 bits per heavy atom. The van der Waals surface area contributed by atoms with E-state index in [9.17, 15) is 9.59 Å². The zero-order valence-corrected chi connectivity index (χ0v) is 20.6. The van der Waals surface area contributed by atoms with Gasteiger partial charge in [-0.3, -0.25) is 4.79 Å². The van der Waals surface area contributed by atoms with Crippen molar-refractivity contribution in [3.8, 4) is 0 Å². The van der Waals surface area contributed by atoms with Crippen molar-refractivity contribution in [3.05, 3.63) is 89.5 Å². The van der Waals surface area contributed by atoms with Crippen LogP contribution in [0.3, 0.4) is 0 Å². The summed E-state index contributed by atoms with van der Waals surface area (Å²) < 4.78 is 4.88. The fraction of sp³-hybridized carbons (Fsp3) is 0.355. The van der Waals surface area contributed by atoms with Crippen molar-refractivity contribution in [2.75, 3.05) is 17.7 Å². The molecule has 4 saturated carbocycles. The molecule has 0 radical (unpaired) electrons. The molecule has 2 N–H and O–H groups in total. The third-order valence-corrected chi connectivity index (χ3v) is 8.53. The smallest absolute Gasteiger partial charge is 0.339 e. The van der Waals surface area contributed by atoms with Crippen molar-refractivity contribution in [1.82, 2.24) is 0 Å². The SMILES string of the molecule is COC(=O)c1ccccc1Nc1cccc(C(=O)Nc2ccc(C34CC5CC(CC(C5)C3)C4)cc2)c1. The third-order valence-electron chi connectivity index (χ3n) is 8.53. The maximum atomic E-state index is 13.0. The van der Waals surface area contributed by atoms with Crippen molar-refractivity contribution in [2.45, 2.75) is 43.9 Å². The Hall–Kier alpha value is -3.60. The average Bonchev–Trinajstić information content (AvgIpc) is 2.88. The van der Waals surface area contributed by atoms with Crippen molar-refractivity contribution in [3.63, 3.8) is 0 Å². The molecule has 0 heterocycles. The van der Waals surface area contributed by atoms with Crippen LogP contribution in [0.25, 0.3) is 0 Å². The van der Waals surface area contributed by atoms with Crippen LogP contribution in [0.2, 0.25) is 0 Å². The highest BCUT2D eigenvalue weighted by Gasteiger charge is 2.51. The second-order valence-electron chi connectivity index (χ2n) is 11.0. The Morgan fingerprint density at radius 2 is 1.47 bits per heavy atom. The molecule has 0 unspecified atom stereocenters. The van der Waals surface area contributed by atoms with Gasteiger partial charge < -0.3 is 15.4 Å². The molecule has 0 atom stereocenters. The molecule has 0 spiro atoms. The number of benzene rings is 3. The highest BCUT2D eigenvalue weighted by Crippen LogP contribution is 2.60. The summed E-state index contributed by atoms with van der Waals surface area (Å²) in [6, 6.07) is 23.0. The molecule has 7 rings (SSSR count). The molecule has 3 aromatic carbocycles. The summed E-state index contributed by atoms with van der Waals surface area (Å²) in [4.78, 5) is 25.1. The number of amides is 1. The molecule has 0 aliphatic heterocycles. The van der Waals surface area contributed by atoms with E-state index in [4.69, 9.17) is 4.74 Å². The van der Waals surface area contributed by atoms with Gasteiger partial charge in [0.1, 0.15) is 0 Å². The van der Waals surface area contributed by atoms with Crippen LogP contribution in [0.5, 0.6) is 0 Å². The van der Waals surface area contributed by atoms with Gasteiger partial charge in [0.25, 0.3) is 5.91 Å². The second-order valence-corrected chi connectivity index (χ2v) is 11.0. The first-order chi connectivity index (χ1) is 17.5. The summed E-state index contributed by atoms with van der Waals surface area (Å²) in [7, 11) is 1.36. The molecule has 184 valence electrons. The van der Waals surface area contributed by atoms with Crippen LogP contribution >= 0.6 is 0 Å². The number of hydrogen-bond acceptors (Lipinski definition) is 4. The van der Waals surface area contributed by atoms with Crippen molar-refractivity contribution in [2.24, 2.45) is 17.8 Å². The van der Waals surface area contributed by atoms with E-state index >= 15 is 0 Å². The molecule has 1 amide bonds. The Bertz CT molecular complexity index is 1260. The van der Waals surface area contributed by atoms with Crippen molar-refractivity contribution in [1.29, 1.82) is 0 Å². The molecule has 5 heteroatoms. The number of para-hydroxylation sites is 1. The number of anilines is 3. The number of methoxy groups -OCH3 is 1. The summed E-state index contributed by atoms with van der Waals surface area (Å²) in [5, 5.41) is 6.28. The molecule has 3 aromatic rings. The Kier molecular flexibility index (Phi) is 5.79. The molecule has 4 bridgehead atoms. The first-order valence-electron chi connectivity index (χ1n) is 13.0. The van der Waals surface area contributed by atoms with Gasteiger partial charge in [0, 0.05) is 16.9 Å². The zero-order valence-electron chi connectivity index (χ0n) is 20.6. The molecule has 4 fully saturated rings. The predicted octanol–water partition coefficient (Wildman–Crippen LogP) is 6.94. The summed E-state index contributed by atoms with van der Waals surface area (Å²) >= 11 is 0. The van der Waals surface area contributed by atoms with Gasteiger partial charge in [0.15, 0.2) is 0 Å². The summed E-state index contributed by atoms with van der Waals surface area (Å²) in [5.41, 5.74) is 4.95. The standard InChI is InChI=1S/C31H32N2O3/c1-36-30(35)27-7-2-3-8-28(27)32-26-6-4-5-23(16-26)29(34)33-25-11-9-24(10-12-25)31-17-20-13-21(18-31)15-22(14-20)19-31/h2-12,16,20-22,32H,13-15,17-19H2,1H3,(H,33,34). The molecule has 4 aliphatic rings. The van der Waals surface area contributed by atoms with E-state index in [1.54, 1.807) is 24.3 Å². The number of carbonyl (C=O) groups is 2. The van der Waals surface area contributed by atoms with Crippen LogP contribution in [-0.4, -0.2) is 19.0 Å². The number of rotatable bonds is 6. The molecular formula is C31H32N2O3. The van der Waals surface area contributed by atoms with E-state index in [-0.39, 0.29) is 5.91 Å². The number of ether oxygens (including phenoxy) is 1. The quantitative estimate of drug-likeness (QED) is 0.375. The van der Waals surface area contributed by atoms with Crippen LogP contribution in [-0.2, 0) is 10.2 Å². The summed E-state index contributed by atoms with van der Waals surface area (Å²) in [6.45, 7) is 0. The number of nitrogens with one attached hydrogen (secondary N) is 2. The minimum Gasteiger partial charge on any atom is -0.465 e. The lowest BCUT2D eigenvalue weighted by molar-refractivity contribution is -0.00518. The van der Waals surface area contributed by atoms with Gasteiger partial charge in [-0.1, -0.05) is 30.3 Å². The first kappa shape index (κ1) is 22.8. The largest absolute Gasteiger partial charge is 0.465 e. The lowest BCUT2D eigenvalue weighted by atomic mass is 9.48. The Labute approximate surface area is 212 Å². The van der Waals surface area contributed by atoms with E-state index in [2.05, 4.69) is 34.9 Å². The van der Waals surface area contributed by atoms with Crippen LogP contribution in [0.15, 0.2) is 72.8 Å². The highest BCUT2D eigenvalue weighted by atomic mass is 16.5. The lowest BCUT2D eigenvalue weighted by Gasteiger charge is -2.57. The van der Waals surface area contributed by atoms with Crippen LogP contribution in [0.1, 0.15) is 64.8 Å². The molecule has 36 heavy (non-hydrogen) atoms. The van der Waals surface area contributed by atoms with E-state index in [1.165, 1.54) is 51.2 Å². The van der Waals surface area contributed by atoms with Gasteiger partial charge >= 0.3 is 5.97 Å². The van der Waals surface area contributed by atoms with Gasteiger partial charge in [-0.25, -0.2) is 4.79 Å².